The average molecular weight is 296 g/mol. The van der Waals surface area contributed by atoms with Gasteiger partial charge in [-0.05, 0) is 25.5 Å². The van der Waals surface area contributed by atoms with Gasteiger partial charge in [-0.2, -0.15) is 0 Å². The maximum absolute atomic E-state index is 11.9. The van der Waals surface area contributed by atoms with Gasteiger partial charge in [-0.1, -0.05) is 35.5 Å². The number of aryl methyl sites for hydroxylation is 2. The molecule has 0 amide bonds. The summed E-state index contributed by atoms with van der Waals surface area (Å²) in [6, 6.07) is 11.4. The molecule has 0 spiro atoms. The van der Waals surface area contributed by atoms with Crippen LogP contribution in [-0.2, 0) is 6.61 Å². The van der Waals surface area contributed by atoms with E-state index in [4.69, 9.17) is 9.26 Å². The number of ether oxygens (including phenoxy) is 1. The molecule has 0 radical (unpaired) electrons. The van der Waals surface area contributed by atoms with Crippen LogP contribution in [0.25, 0.3) is 11.1 Å². The summed E-state index contributed by atoms with van der Waals surface area (Å²) >= 11 is 0. The Morgan fingerprint density at radius 1 is 1.23 bits per heavy atom. The molecule has 0 aliphatic carbocycles. The van der Waals surface area contributed by atoms with Gasteiger partial charge in [-0.3, -0.25) is 4.79 Å². The Kier molecular flexibility index (Phi) is 3.78. The van der Waals surface area contributed by atoms with Crippen molar-refractivity contribution in [3.8, 4) is 16.9 Å². The predicted octanol–water partition coefficient (Wildman–Crippen LogP) is 3.23. The molecule has 0 fully saturated rings. The van der Waals surface area contributed by atoms with Crippen LogP contribution in [0.5, 0.6) is 5.75 Å². The van der Waals surface area contributed by atoms with Crippen LogP contribution in [0, 0.1) is 13.8 Å². The standard InChI is InChI=1S/C17H16N2O3/c1-11-16(12(2)22-19-11)14-8-15(17(20)18-9-14)21-10-13-6-4-3-5-7-13/h3-9H,10H2,1-2H3,(H,18,20). The van der Waals surface area contributed by atoms with E-state index in [1.807, 2.05) is 44.2 Å². The minimum Gasteiger partial charge on any atom is -0.483 e. The normalized spacial score (nSPS) is 10.6. The van der Waals surface area contributed by atoms with Crippen molar-refractivity contribution in [2.75, 3.05) is 0 Å². The van der Waals surface area contributed by atoms with Crippen LogP contribution < -0.4 is 10.3 Å². The number of aromatic amines is 1. The smallest absolute Gasteiger partial charge is 0.290 e. The van der Waals surface area contributed by atoms with Crippen LogP contribution in [0.3, 0.4) is 0 Å². The Hall–Kier alpha value is -2.82. The lowest BCUT2D eigenvalue weighted by Gasteiger charge is -2.07. The fraction of sp³-hybridized carbons (Fsp3) is 0.176. The van der Waals surface area contributed by atoms with Gasteiger partial charge in [-0.25, -0.2) is 0 Å². The van der Waals surface area contributed by atoms with Crippen molar-refractivity contribution >= 4 is 0 Å². The molecule has 0 unspecified atom stereocenters. The van der Waals surface area contributed by atoms with Crippen LogP contribution in [0.15, 0.2) is 51.9 Å². The summed E-state index contributed by atoms with van der Waals surface area (Å²) in [6.45, 7) is 4.04. The van der Waals surface area contributed by atoms with Crippen molar-refractivity contribution in [2.24, 2.45) is 0 Å². The van der Waals surface area contributed by atoms with Crippen LogP contribution in [0.4, 0.5) is 0 Å². The minimum absolute atomic E-state index is 0.258. The zero-order chi connectivity index (χ0) is 15.5. The molecule has 1 aromatic carbocycles. The molecule has 0 aliphatic heterocycles. The second kappa shape index (κ2) is 5.89. The third-order valence-corrected chi connectivity index (χ3v) is 3.43. The Labute approximate surface area is 127 Å². The quantitative estimate of drug-likeness (QED) is 0.802. The summed E-state index contributed by atoms with van der Waals surface area (Å²) in [4.78, 5) is 14.6. The first-order valence-electron chi connectivity index (χ1n) is 6.98. The third-order valence-electron chi connectivity index (χ3n) is 3.43. The van der Waals surface area contributed by atoms with Gasteiger partial charge in [-0.15, -0.1) is 0 Å². The molecular formula is C17H16N2O3. The zero-order valence-electron chi connectivity index (χ0n) is 12.4. The molecule has 3 rings (SSSR count). The number of rotatable bonds is 4. The van der Waals surface area contributed by atoms with E-state index in [-0.39, 0.29) is 11.3 Å². The van der Waals surface area contributed by atoms with E-state index in [0.717, 1.165) is 22.4 Å². The molecule has 0 saturated carbocycles. The van der Waals surface area contributed by atoms with E-state index in [0.29, 0.717) is 12.4 Å². The molecule has 0 atom stereocenters. The maximum Gasteiger partial charge on any atom is 0.290 e. The van der Waals surface area contributed by atoms with E-state index >= 15 is 0 Å². The Morgan fingerprint density at radius 3 is 2.68 bits per heavy atom. The van der Waals surface area contributed by atoms with Crippen molar-refractivity contribution in [1.82, 2.24) is 10.1 Å². The lowest BCUT2D eigenvalue weighted by atomic mass is 10.1. The highest BCUT2D eigenvalue weighted by molar-refractivity contribution is 5.67. The van der Waals surface area contributed by atoms with Gasteiger partial charge >= 0.3 is 0 Å². The van der Waals surface area contributed by atoms with Gasteiger partial charge in [0.1, 0.15) is 12.4 Å². The van der Waals surface area contributed by atoms with Gasteiger partial charge in [0, 0.05) is 17.3 Å². The first kappa shape index (κ1) is 14.1. The number of aromatic nitrogens is 2. The molecule has 1 N–H and O–H groups in total. The molecule has 5 heteroatoms. The summed E-state index contributed by atoms with van der Waals surface area (Å²) in [5, 5.41) is 3.93. The number of nitrogens with zero attached hydrogens (tertiary/aromatic N) is 1. The monoisotopic (exact) mass is 296 g/mol. The molecule has 0 aliphatic rings. The fourth-order valence-corrected chi connectivity index (χ4v) is 2.34. The second-order valence-electron chi connectivity index (χ2n) is 5.06. The van der Waals surface area contributed by atoms with Crippen molar-refractivity contribution < 1.29 is 9.26 Å². The highest BCUT2D eigenvalue weighted by Gasteiger charge is 2.13. The lowest BCUT2D eigenvalue weighted by Crippen LogP contribution is -2.10. The first-order valence-corrected chi connectivity index (χ1v) is 6.98. The number of hydrogen-bond acceptors (Lipinski definition) is 4. The van der Waals surface area contributed by atoms with Gasteiger partial charge in [0.2, 0.25) is 0 Å². The van der Waals surface area contributed by atoms with Gasteiger partial charge in [0.15, 0.2) is 5.75 Å². The highest BCUT2D eigenvalue weighted by Crippen LogP contribution is 2.27. The first-order chi connectivity index (χ1) is 10.6. The molecule has 0 saturated heterocycles. The number of pyridine rings is 1. The van der Waals surface area contributed by atoms with Crippen LogP contribution in [0.2, 0.25) is 0 Å². The summed E-state index contributed by atoms with van der Waals surface area (Å²) in [7, 11) is 0. The largest absolute Gasteiger partial charge is 0.483 e. The molecular weight excluding hydrogens is 280 g/mol. The fourth-order valence-electron chi connectivity index (χ4n) is 2.34. The van der Waals surface area contributed by atoms with Crippen LogP contribution in [0.1, 0.15) is 17.0 Å². The van der Waals surface area contributed by atoms with Gasteiger partial charge in [0.25, 0.3) is 5.56 Å². The van der Waals surface area contributed by atoms with E-state index in [2.05, 4.69) is 10.1 Å². The molecule has 5 nitrogen and oxygen atoms in total. The van der Waals surface area contributed by atoms with Gasteiger partial charge in [0.05, 0.1) is 5.69 Å². The SMILES string of the molecule is Cc1noc(C)c1-c1c[nH]c(=O)c(OCc2ccccc2)c1. The topological polar surface area (TPSA) is 68.1 Å². The molecule has 3 aromatic rings. The van der Waals surface area contributed by atoms with Crippen LogP contribution >= 0.6 is 0 Å². The van der Waals surface area contributed by atoms with Crippen molar-refractivity contribution in [1.29, 1.82) is 0 Å². The Balaban J connectivity index is 1.89. The highest BCUT2D eigenvalue weighted by atomic mass is 16.5. The number of benzene rings is 1. The van der Waals surface area contributed by atoms with E-state index in [1.165, 1.54) is 0 Å². The summed E-state index contributed by atoms with van der Waals surface area (Å²) in [5.74, 6) is 0.986. The van der Waals surface area contributed by atoms with Gasteiger partial charge < -0.3 is 14.2 Å². The summed E-state index contributed by atoms with van der Waals surface area (Å²) < 4.78 is 10.8. The van der Waals surface area contributed by atoms with Crippen LogP contribution in [-0.4, -0.2) is 10.1 Å². The zero-order valence-corrected chi connectivity index (χ0v) is 12.4. The Bertz CT molecular complexity index is 815. The minimum atomic E-state index is -0.258. The molecule has 22 heavy (non-hydrogen) atoms. The molecule has 0 bridgehead atoms. The Morgan fingerprint density at radius 2 is 2.00 bits per heavy atom. The maximum atomic E-state index is 11.9. The summed E-state index contributed by atoms with van der Waals surface area (Å²) in [6.07, 6.45) is 1.64. The number of H-pyrrole nitrogens is 1. The molecule has 112 valence electrons. The van der Waals surface area contributed by atoms with E-state index in [1.54, 1.807) is 12.3 Å². The second-order valence-corrected chi connectivity index (χ2v) is 5.06. The third kappa shape index (κ3) is 2.79. The molecule has 2 heterocycles. The molecule has 2 aromatic heterocycles. The van der Waals surface area contributed by atoms with E-state index < -0.39 is 0 Å². The number of hydrogen-bond donors (Lipinski definition) is 1. The van der Waals surface area contributed by atoms with Crippen molar-refractivity contribution in [2.45, 2.75) is 20.5 Å². The lowest BCUT2D eigenvalue weighted by molar-refractivity contribution is 0.302. The van der Waals surface area contributed by atoms with Crippen molar-refractivity contribution in [3.05, 3.63) is 70.0 Å². The predicted molar refractivity (Wildman–Crippen MR) is 82.8 cm³/mol. The summed E-state index contributed by atoms with van der Waals surface area (Å²) in [5.41, 5.74) is 3.22. The average Bonchev–Trinajstić information content (AvgIpc) is 2.87. The van der Waals surface area contributed by atoms with Crippen molar-refractivity contribution in [3.63, 3.8) is 0 Å². The number of nitrogens with one attached hydrogen (secondary N) is 1. The van der Waals surface area contributed by atoms with E-state index in [9.17, 15) is 4.79 Å².